The third-order valence-corrected chi connectivity index (χ3v) is 5.63. The SMILES string of the molecule is COc1cc(CNCCc2ccccc2)cc(Br)c1OCc1ccc2c(c1)OCCO2. The van der Waals surface area contributed by atoms with Crippen LogP contribution in [0.25, 0.3) is 0 Å². The van der Waals surface area contributed by atoms with Crippen LogP contribution < -0.4 is 24.3 Å². The Morgan fingerprint density at radius 3 is 2.52 bits per heavy atom. The molecule has 3 aromatic carbocycles. The fourth-order valence-electron chi connectivity index (χ4n) is 3.46. The van der Waals surface area contributed by atoms with Crippen molar-refractivity contribution >= 4 is 15.9 Å². The van der Waals surface area contributed by atoms with Gasteiger partial charge < -0.3 is 24.3 Å². The molecule has 1 heterocycles. The van der Waals surface area contributed by atoms with Crippen molar-refractivity contribution in [3.8, 4) is 23.0 Å². The molecule has 0 bridgehead atoms. The number of methoxy groups -OCH3 is 1. The van der Waals surface area contributed by atoms with Gasteiger partial charge in [-0.2, -0.15) is 0 Å². The first kappa shape index (κ1) is 21.5. The molecule has 1 aliphatic rings. The maximum atomic E-state index is 6.09. The van der Waals surface area contributed by atoms with E-state index in [1.165, 1.54) is 5.56 Å². The van der Waals surface area contributed by atoms with Crippen molar-refractivity contribution in [3.05, 3.63) is 81.8 Å². The van der Waals surface area contributed by atoms with Crippen LogP contribution in [0.3, 0.4) is 0 Å². The second kappa shape index (κ2) is 10.6. The number of nitrogens with one attached hydrogen (secondary N) is 1. The zero-order chi connectivity index (χ0) is 21.5. The van der Waals surface area contributed by atoms with E-state index in [-0.39, 0.29) is 0 Å². The summed E-state index contributed by atoms with van der Waals surface area (Å²) in [5.41, 5.74) is 3.46. The maximum Gasteiger partial charge on any atom is 0.175 e. The molecule has 0 atom stereocenters. The third kappa shape index (κ3) is 5.71. The number of hydrogen-bond acceptors (Lipinski definition) is 5. The number of benzene rings is 3. The maximum absolute atomic E-state index is 6.09. The number of rotatable bonds is 9. The van der Waals surface area contributed by atoms with Gasteiger partial charge in [0, 0.05) is 6.54 Å². The van der Waals surface area contributed by atoms with Gasteiger partial charge in [-0.1, -0.05) is 36.4 Å². The second-order valence-corrected chi connectivity index (χ2v) is 8.14. The lowest BCUT2D eigenvalue weighted by atomic mass is 10.1. The van der Waals surface area contributed by atoms with Crippen LogP contribution in [0.1, 0.15) is 16.7 Å². The van der Waals surface area contributed by atoms with Crippen molar-refractivity contribution in [2.45, 2.75) is 19.6 Å². The highest BCUT2D eigenvalue weighted by Gasteiger charge is 2.15. The zero-order valence-corrected chi connectivity index (χ0v) is 19.1. The molecule has 0 saturated carbocycles. The van der Waals surface area contributed by atoms with Gasteiger partial charge in [0.25, 0.3) is 0 Å². The quantitative estimate of drug-likeness (QED) is 0.427. The third-order valence-electron chi connectivity index (χ3n) is 5.04. The smallest absolute Gasteiger partial charge is 0.175 e. The summed E-state index contributed by atoms with van der Waals surface area (Å²) in [7, 11) is 1.66. The van der Waals surface area contributed by atoms with E-state index in [1.54, 1.807) is 7.11 Å². The molecular formula is C25H26BrNO4. The first-order chi connectivity index (χ1) is 15.2. The van der Waals surface area contributed by atoms with Gasteiger partial charge in [-0.25, -0.2) is 0 Å². The molecule has 0 aromatic heterocycles. The highest BCUT2D eigenvalue weighted by molar-refractivity contribution is 9.10. The Morgan fingerprint density at radius 1 is 0.903 bits per heavy atom. The Balaban J connectivity index is 1.36. The van der Waals surface area contributed by atoms with Gasteiger partial charge in [-0.3, -0.25) is 0 Å². The standard InChI is InChI=1S/C25H26BrNO4/c1-28-24-15-20(16-27-10-9-18-5-3-2-4-6-18)13-21(26)25(24)31-17-19-7-8-22-23(14-19)30-12-11-29-22/h2-8,13-15,27H,9-12,16-17H2,1H3. The molecule has 0 saturated heterocycles. The minimum Gasteiger partial charge on any atom is -0.493 e. The normalized spacial score (nSPS) is 12.5. The van der Waals surface area contributed by atoms with E-state index in [9.17, 15) is 0 Å². The summed E-state index contributed by atoms with van der Waals surface area (Å²) in [6.07, 6.45) is 0.996. The summed E-state index contributed by atoms with van der Waals surface area (Å²) < 4.78 is 23.8. The van der Waals surface area contributed by atoms with Crippen molar-refractivity contribution in [2.24, 2.45) is 0 Å². The molecule has 0 fully saturated rings. The molecule has 1 aliphatic heterocycles. The average molecular weight is 484 g/mol. The van der Waals surface area contributed by atoms with E-state index in [4.69, 9.17) is 18.9 Å². The molecule has 0 radical (unpaired) electrons. The largest absolute Gasteiger partial charge is 0.493 e. The number of halogens is 1. The molecule has 0 unspecified atom stereocenters. The van der Waals surface area contributed by atoms with Crippen molar-refractivity contribution in [2.75, 3.05) is 26.9 Å². The first-order valence-corrected chi connectivity index (χ1v) is 11.1. The fraction of sp³-hybridized carbons (Fsp3) is 0.280. The number of hydrogen-bond donors (Lipinski definition) is 1. The Labute approximate surface area is 191 Å². The molecule has 6 heteroatoms. The minimum atomic E-state index is 0.403. The Bertz CT molecular complexity index is 1010. The van der Waals surface area contributed by atoms with E-state index >= 15 is 0 Å². The summed E-state index contributed by atoms with van der Waals surface area (Å²) >= 11 is 3.64. The van der Waals surface area contributed by atoms with Gasteiger partial charge in [-0.05, 0) is 69.9 Å². The molecule has 4 rings (SSSR count). The van der Waals surface area contributed by atoms with Crippen LogP contribution in [-0.2, 0) is 19.6 Å². The van der Waals surface area contributed by atoms with Crippen molar-refractivity contribution < 1.29 is 18.9 Å². The topological polar surface area (TPSA) is 49.0 Å². The zero-order valence-electron chi connectivity index (χ0n) is 17.5. The van der Waals surface area contributed by atoms with E-state index in [1.807, 2.05) is 30.3 Å². The van der Waals surface area contributed by atoms with E-state index in [0.717, 1.165) is 46.6 Å². The van der Waals surface area contributed by atoms with Crippen LogP contribution in [0, 0.1) is 0 Å². The lowest BCUT2D eigenvalue weighted by Gasteiger charge is -2.19. The molecular weight excluding hydrogens is 458 g/mol. The second-order valence-electron chi connectivity index (χ2n) is 7.29. The summed E-state index contributed by atoms with van der Waals surface area (Å²) in [5.74, 6) is 2.92. The molecule has 3 aromatic rings. The van der Waals surface area contributed by atoms with Crippen LogP contribution in [0.15, 0.2) is 65.1 Å². The van der Waals surface area contributed by atoms with E-state index < -0.39 is 0 Å². The van der Waals surface area contributed by atoms with Gasteiger partial charge >= 0.3 is 0 Å². The molecule has 1 N–H and O–H groups in total. The first-order valence-electron chi connectivity index (χ1n) is 10.4. The Morgan fingerprint density at radius 2 is 1.71 bits per heavy atom. The summed E-state index contributed by atoms with van der Waals surface area (Å²) in [4.78, 5) is 0. The highest BCUT2D eigenvalue weighted by Crippen LogP contribution is 2.38. The van der Waals surface area contributed by atoms with Crippen LogP contribution in [0.5, 0.6) is 23.0 Å². The summed E-state index contributed by atoms with van der Waals surface area (Å²) in [6, 6.07) is 20.4. The molecule has 5 nitrogen and oxygen atoms in total. The molecule has 162 valence electrons. The van der Waals surface area contributed by atoms with Crippen LogP contribution in [0.2, 0.25) is 0 Å². The molecule has 0 amide bonds. The van der Waals surface area contributed by atoms with Crippen LogP contribution in [0.4, 0.5) is 0 Å². The van der Waals surface area contributed by atoms with Crippen molar-refractivity contribution in [3.63, 3.8) is 0 Å². The summed E-state index contributed by atoms with van der Waals surface area (Å²) in [6.45, 7) is 3.22. The van der Waals surface area contributed by atoms with Gasteiger partial charge in [0.05, 0.1) is 11.6 Å². The van der Waals surface area contributed by atoms with Crippen molar-refractivity contribution in [1.82, 2.24) is 5.32 Å². The lowest BCUT2D eigenvalue weighted by Crippen LogP contribution is -2.16. The fourth-order valence-corrected chi connectivity index (χ4v) is 4.06. The average Bonchev–Trinajstić information content (AvgIpc) is 2.81. The summed E-state index contributed by atoms with van der Waals surface area (Å²) in [5, 5.41) is 3.49. The highest BCUT2D eigenvalue weighted by atomic mass is 79.9. The minimum absolute atomic E-state index is 0.403. The predicted molar refractivity (Wildman–Crippen MR) is 124 cm³/mol. The van der Waals surface area contributed by atoms with Gasteiger partial charge in [0.15, 0.2) is 23.0 Å². The molecule has 31 heavy (non-hydrogen) atoms. The van der Waals surface area contributed by atoms with Crippen LogP contribution >= 0.6 is 15.9 Å². The lowest BCUT2D eigenvalue weighted by molar-refractivity contribution is 0.171. The van der Waals surface area contributed by atoms with Gasteiger partial charge in [0.1, 0.15) is 19.8 Å². The predicted octanol–water partition coefficient (Wildman–Crippen LogP) is 5.14. The van der Waals surface area contributed by atoms with Crippen molar-refractivity contribution in [1.29, 1.82) is 0 Å². The molecule has 0 spiro atoms. The van der Waals surface area contributed by atoms with E-state index in [2.05, 4.69) is 51.6 Å². The Hall–Kier alpha value is -2.70. The number of ether oxygens (including phenoxy) is 4. The van der Waals surface area contributed by atoms with E-state index in [0.29, 0.717) is 31.3 Å². The van der Waals surface area contributed by atoms with Gasteiger partial charge in [0.2, 0.25) is 0 Å². The molecule has 0 aliphatic carbocycles. The monoisotopic (exact) mass is 483 g/mol. The Kier molecular flexibility index (Phi) is 7.33. The number of fused-ring (bicyclic) bond motifs is 1. The van der Waals surface area contributed by atoms with Gasteiger partial charge in [-0.15, -0.1) is 0 Å². The van der Waals surface area contributed by atoms with Crippen LogP contribution in [-0.4, -0.2) is 26.9 Å².